The highest BCUT2D eigenvalue weighted by molar-refractivity contribution is 6.31. The van der Waals surface area contributed by atoms with Crippen LogP contribution in [-0.4, -0.2) is 27.3 Å². The molecule has 0 radical (unpaired) electrons. The van der Waals surface area contributed by atoms with E-state index in [1.165, 1.54) is 0 Å². The molecule has 1 amide bonds. The van der Waals surface area contributed by atoms with Gasteiger partial charge in [-0.2, -0.15) is 0 Å². The summed E-state index contributed by atoms with van der Waals surface area (Å²) in [5.74, 6) is 0.747. The molecule has 4 nitrogen and oxygen atoms in total. The predicted octanol–water partition coefficient (Wildman–Crippen LogP) is 4.58. The van der Waals surface area contributed by atoms with E-state index in [4.69, 9.17) is 28.2 Å². The minimum atomic E-state index is 0.0653. The lowest BCUT2D eigenvalue weighted by Gasteiger charge is -2.28. The van der Waals surface area contributed by atoms with Crippen LogP contribution in [0, 0.1) is 0 Å². The lowest BCUT2D eigenvalue weighted by Crippen LogP contribution is -2.37. The Morgan fingerprint density at radius 1 is 1.07 bits per heavy atom. The highest BCUT2D eigenvalue weighted by Gasteiger charge is 2.23. The van der Waals surface area contributed by atoms with Crippen molar-refractivity contribution in [2.45, 2.75) is 19.4 Å². The molecule has 1 aromatic heterocycles. The average molecular weight is 398 g/mol. The van der Waals surface area contributed by atoms with E-state index >= 15 is 0 Å². The lowest BCUT2D eigenvalue weighted by atomic mass is 10.0. The van der Waals surface area contributed by atoms with Crippen LogP contribution in [0.15, 0.2) is 54.7 Å². The lowest BCUT2D eigenvalue weighted by molar-refractivity contribution is -0.131. The van der Waals surface area contributed by atoms with Gasteiger partial charge in [-0.3, -0.25) is 4.79 Å². The van der Waals surface area contributed by atoms with Gasteiger partial charge in [0, 0.05) is 46.9 Å². The monoisotopic (exact) mass is 397 g/mol. The molecule has 0 aliphatic carbocycles. The summed E-state index contributed by atoms with van der Waals surface area (Å²) in [5.41, 5.74) is 3.77. The van der Waals surface area contributed by atoms with E-state index in [0.29, 0.717) is 41.8 Å². The molecule has 6 heteroatoms. The summed E-state index contributed by atoms with van der Waals surface area (Å²) in [6, 6.07) is 14.9. The predicted molar refractivity (Wildman–Crippen MR) is 107 cm³/mol. The zero-order valence-corrected chi connectivity index (χ0v) is 16.0. The van der Waals surface area contributed by atoms with Crippen molar-refractivity contribution in [1.82, 2.24) is 14.9 Å². The third-order valence-corrected chi connectivity index (χ3v) is 5.31. The third-order valence-electron chi connectivity index (χ3n) is 4.69. The molecular formula is C21H17Cl2N3O. The van der Waals surface area contributed by atoms with E-state index in [1.807, 2.05) is 59.6 Å². The van der Waals surface area contributed by atoms with Crippen molar-refractivity contribution in [3.05, 3.63) is 81.6 Å². The number of halogens is 2. The molecule has 136 valence electrons. The van der Waals surface area contributed by atoms with E-state index in [2.05, 4.69) is 4.98 Å². The summed E-state index contributed by atoms with van der Waals surface area (Å²) < 4.78 is 0. The molecule has 1 aliphatic heterocycles. The van der Waals surface area contributed by atoms with Gasteiger partial charge >= 0.3 is 0 Å². The Morgan fingerprint density at radius 2 is 1.85 bits per heavy atom. The van der Waals surface area contributed by atoms with Gasteiger partial charge in [-0.25, -0.2) is 9.97 Å². The van der Waals surface area contributed by atoms with E-state index in [9.17, 15) is 4.79 Å². The maximum absolute atomic E-state index is 12.7. The summed E-state index contributed by atoms with van der Waals surface area (Å²) in [5, 5.41) is 1.31. The van der Waals surface area contributed by atoms with Crippen molar-refractivity contribution in [3.63, 3.8) is 0 Å². The fourth-order valence-electron chi connectivity index (χ4n) is 3.18. The van der Waals surface area contributed by atoms with Crippen LogP contribution in [-0.2, 0) is 24.2 Å². The Kier molecular flexibility index (Phi) is 5.10. The van der Waals surface area contributed by atoms with Crippen LogP contribution in [0.5, 0.6) is 0 Å². The number of fused-ring (bicyclic) bond motifs is 1. The molecule has 0 N–H and O–H groups in total. The minimum absolute atomic E-state index is 0.0653. The summed E-state index contributed by atoms with van der Waals surface area (Å²) in [6.07, 6.45) is 2.84. The van der Waals surface area contributed by atoms with Gasteiger partial charge in [0.05, 0.1) is 12.1 Å². The molecule has 0 unspecified atom stereocenters. The number of aromatic nitrogens is 2. The van der Waals surface area contributed by atoms with Crippen LogP contribution >= 0.6 is 23.2 Å². The number of nitrogens with zero attached hydrogens (tertiary/aromatic N) is 3. The number of amides is 1. The molecule has 3 aromatic rings. The van der Waals surface area contributed by atoms with Crippen molar-refractivity contribution in [1.29, 1.82) is 0 Å². The van der Waals surface area contributed by atoms with Crippen LogP contribution in [0.3, 0.4) is 0 Å². The maximum atomic E-state index is 12.7. The SMILES string of the molecule is O=C(Cc1ccccc1Cl)N1CCc2nc(-c3ccc(Cl)cc3)ncc2C1. The maximum Gasteiger partial charge on any atom is 0.227 e. The van der Waals surface area contributed by atoms with Crippen molar-refractivity contribution < 1.29 is 4.79 Å². The Balaban J connectivity index is 1.49. The Bertz CT molecular complexity index is 989. The third kappa shape index (κ3) is 3.97. The first kappa shape index (κ1) is 18.0. The molecule has 0 saturated heterocycles. The summed E-state index contributed by atoms with van der Waals surface area (Å²) in [7, 11) is 0. The second kappa shape index (κ2) is 7.67. The normalized spacial score (nSPS) is 13.3. The van der Waals surface area contributed by atoms with Crippen molar-refractivity contribution >= 4 is 29.1 Å². The van der Waals surface area contributed by atoms with Crippen LogP contribution in [0.25, 0.3) is 11.4 Å². The zero-order valence-electron chi connectivity index (χ0n) is 14.5. The highest BCUT2D eigenvalue weighted by Crippen LogP contribution is 2.23. The number of hydrogen-bond donors (Lipinski definition) is 0. The van der Waals surface area contributed by atoms with E-state index in [-0.39, 0.29) is 5.91 Å². The minimum Gasteiger partial charge on any atom is -0.338 e. The van der Waals surface area contributed by atoms with E-state index < -0.39 is 0 Å². The van der Waals surface area contributed by atoms with Crippen LogP contribution in [0.1, 0.15) is 16.8 Å². The molecule has 0 fully saturated rings. The van der Waals surface area contributed by atoms with Crippen molar-refractivity contribution in [2.24, 2.45) is 0 Å². The molecule has 0 bridgehead atoms. The molecule has 2 heterocycles. The van der Waals surface area contributed by atoms with Gasteiger partial charge in [0.2, 0.25) is 5.91 Å². The Hall–Kier alpha value is -2.43. The molecule has 0 saturated carbocycles. The van der Waals surface area contributed by atoms with Gasteiger partial charge in [-0.1, -0.05) is 41.4 Å². The quantitative estimate of drug-likeness (QED) is 0.649. The molecule has 4 rings (SSSR count). The van der Waals surface area contributed by atoms with Gasteiger partial charge in [0.1, 0.15) is 0 Å². The van der Waals surface area contributed by atoms with Crippen LogP contribution < -0.4 is 0 Å². The Morgan fingerprint density at radius 3 is 2.63 bits per heavy atom. The fraction of sp³-hybridized carbons (Fsp3) is 0.190. The molecule has 1 aliphatic rings. The number of carbonyl (C=O) groups is 1. The fourth-order valence-corrected chi connectivity index (χ4v) is 3.51. The average Bonchev–Trinajstić information content (AvgIpc) is 2.69. The summed E-state index contributed by atoms with van der Waals surface area (Å²) in [6.45, 7) is 1.17. The Labute approximate surface area is 167 Å². The molecule has 0 spiro atoms. The topological polar surface area (TPSA) is 46.1 Å². The molecule has 2 aromatic carbocycles. The van der Waals surface area contributed by atoms with E-state index in [1.54, 1.807) is 0 Å². The van der Waals surface area contributed by atoms with Gasteiger partial charge < -0.3 is 4.90 Å². The zero-order chi connectivity index (χ0) is 18.8. The second-order valence-corrected chi connectivity index (χ2v) is 7.35. The first-order valence-corrected chi connectivity index (χ1v) is 9.47. The number of hydrogen-bond acceptors (Lipinski definition) is 3. The van der Waals surface area contributed by atoms with Gasteiger partial charge in [-0.05, 0) is 35.9 Å². The smallest absolute Gasteiger partial charge is 0.227 e. The van der Waals surface area contributed by atoms with Crippen LogP contribution in [0.2, 0.25) is 10.0 Å². The van der Waals surface area contributed by atoms with Gasteiger partial charge in [0.25, 0.3) is 0 Å². The first-order chi connectivity index (χ1) is 13.1. The van der Waals surface area contributed by atoms with E-state index in [0.717, 1.165) is 22.4 Å². The number of benzene rings is 2. The van der Waals surface area contributed by atoms with Crippen molar-refractivity contribution in [2.75, 3.05) is 6.54 Å². The number of carbonyl (C=O) groups excluding carboxylic acids is 1. The van der Waals surface area contributed by atoms with Gasteiger partial charge in [-0.15, -0.1) is 0 Å². The summed E-state index contributed by atoms with van der Waals surface area (Å²) >= 11 is 12.1. The first-order valence-electron chi connectivity index (χ1n) is 8.72. The second-order valence-electron chi connectivity index (χ2n) is 6.51. The van der Waals surface area contributed by atoms with Gasteiger partial charge in [0.15, 0.2) is 5.82 Å². The molecule has 27 heavy (non-hydrogen) atoms. The standard InChI is InChI=1S/C21H17Cl2N3O/c22-17-7-5-14(6-8-17)21-24-12-16-13-26(10-9-19(16)25-21)20(27)11-15-3-1-2-4-18(15)23/h1-8,12H,9-11,13H2. The summed E-state index contributed by atoms with van der Waals surface area (Å²) in [4.78, 5) is 23.7. The highest BCUT2D eigenvalue weighted by atomic mass is 35.5. The largest absolute Gasteiger partial charge is 0.338 e. The van der Waals surface area contributed by atoms with Crippen LogP contribution in [0.4, 0.5) is 0 Å². The van der Waals surface area contributed by atoms with Crippen molar-refractivity contribution in [3.8, 4) is 11.4 Å². The molecular weight excluding hydrogens is 381 g/mol. The molecule has 0 atom stereocenters. The number of rotatable bonds is 3.